The van der Waals surface area contributed by atoms with E-state index >= 15 is 0 Å². The minimum atomic E-state index is -0.103. The van der Waals surface area contributed by atoms with E-state index in [1.807, 2.05) is 0 Å². The number of likely N-dealkylation sites (tertiary alicyclic amines) is 1. The van der Waals surface area contributed by atoms with E-state index in [1.165, 1.54) is 45.2 Å². The number of hydrogen-bond acceptors (Lipinski definition) is 3. The smallest absolute Gasteiger partial charge is 0.227 e. The van der Waals surface area contributed by atoms with Gasteiger partial charge in [-0.2, -0.15) is 0 Å². The van der Waals surface area contributed by atoms with Crippen LogP contribution in [0.4, 0.5) is 0 Å². The van der Waals surface area contributed by atoms with Crippen molar-refractivity contribution in [3.05, 3.63) is 0 Å². The van der Waals surface area contributed by atoms with Crippen molar-refractivity contribution in [2.24, 2.45) is 17.3 Å². The normalized spacial score (nSPS) is 32.2. The molecule has 142 valence electrons. The van der Waals surface area contributed by atoms with Crippen molar-refractivity contribution >= 4 is 30.7 Å². The van der Waals surface area contributed by atoms with Gasteiger partial charge in [0.25, 0.3) is 0 Å². The topological polar surface area (TPSA) is 44.4 Å². The number of rotatable bonds is 4. The molecule has 4 nitrogen and oxygen atoms in total. The van der Waals surface area contributed by atoms with Crippen LogP contribution >= 0.6 is 24.8 Å². The van der Waals surface area contributed by atoms with Gasteiger partial charge in [-0.25, -0.2) is 0 Å². The molecule has 3 aliphatic rings. The van der Waals surface area contributed by atoms with Crippen LogP contribution in [0.25, 0.3) is 0 Å². The lowest BCUT2D eigenvalue weighted by molar-refractivity contribution is -0.134. The van der Waals surface area contributed by atoms with E-state index in [2.05, 4.69) is 29.4 Å². The number of nitrogens with one attached hydrogen (secondary N) is 2. The van der Waals surface area contributed by atoms with Gasteiger partial charge in [-0.05, 0) is 64.1 Å². The van der Waals surface area contributed by atoms with Gasteiger partial charge >= 0.3 is 0 Å². The summed E-state index contributed by atoms with van der Waals surface area (Å²) in [5.74, 6) is 1.75. The lowest BCUT2D eigenvalue weighted by Crippen LogP contribution is -2.51. The van der Waals surface area contributed by atoms with Crippen molar-refractivity contribution in [1.29, 1.82) is 0 Å². The Hall–Kier alpha value is -0.0300. The third kappa shape index (κ3) is 4.57. The molecular weight excluding hydrogens is 345 g/mol. The molecule has 0 aromatic carbocycles. The van der Waals surface area contributed by atoms with E-state index in [-0.39, 0.29) is 30.2 Å². The van der Waals surface area contributed by atoms with E-state index in [0.29, 0.717) is 17.9 Å². The minimum absolute atomic E-state index is 0. The zero-order valence-electron chi connectivity index (χ0n) is 15.2. The zero-order valence-corrected chi connectivity index (χ0v) is 16.8. The predicted octanol–water partition coefficient (Wildman–Crippen LogP) is 2.85. The highest BCUT2D eigenvalue weighted by Gasteiger charge is 2.49. The summed E-state index contributed by atoms with van der Waals surface area (Å²) in [5.41, 5.74) is -0.103. The van der Waals surface area contributed by atoms with E-state index in [9.17, 15) is 4.79 Å². The van der Waals surface area contributed by atoms with Crippen LogP contribution in [0.3, 0.4) is 0 Å². The zero-order chi connectivity index (χ0) is 15.6. The molecule has 24 heavy (non-hydrogen) atoms. The average Bonchev–Trinajstić information content (AvgIpc) is 2.98. The summed E-state index contributed by atoms with van der Waals surface area (Å²) in [5, 5.41) is 6.77. The van der Waals surface area contributed by atoms with Crippen LogP contribution in [0.15, 0.2) is 0 Å². The Morgan fingerprint density at radius 3 is 2.67 bits per heavy atom. The van der Waals surface area contributed by atoms with Gasteiger partial charge < -0.3 is 10.6 Å². The SMILES string of the molecule is CC1CCN(C(C)CNC(=O)[C@@]23CCCC[C@H]2CNC3)CC1.Cl.Cl. The molecule has 0 aromatic heterocycles. The van der Waals surface area contributed by atoms with E-state index < -0.39 is 0 Å². The maximum atomic E-state index is 12.9. The Kier molecular flexibility index (Phi) is 8.81. The molecule has 2 aliphatic heterocycles. The van der Waals surface area contributed by atoms with Crippen LogP contribution in [0.5, 0.6) is 0 Å². The van der Waals surface area contributed by atoms with Gasteiger partial charge in [0.1, 0.15) is 0 Å². The van der Waals surface area contributed by atoms with Crippen LogP contribution in [0.2, 0.25) is 0 Å². The number of carbonyl (C=O) groups excluding carboxylic acids is 1. The molecule has 0 spiro atoms. The van der Waals surface area contributed by atoms with Crippen molar-refractivity contribution in [3.63, 3.8) is 0 Å². The monoisotopic (exact) mass is 379 g/mol. The van der Waals surface area contributed by atoms with Crippen LogP contribution in [0.1, 0.15) is 52.4 Å². The molecule has 1 amide bonds. The molecule has 3 fully saturated rings. The molecule has 6 heteroatoms. The first-order valence-corrected chi connectivity index (χ1v) is 9.35. The van der Waals surface area contributed by atoms with Crippen molar-refractivity contribution in [3.8, 4) is 0 Å². The second kappa shape index (κ2) is 9.61. The highest BCUT2D eigenvalue weighted by Crippen LogP contribution is 2.43. The molecule has 1 aliphatic carbocycles. The number of piperidine rings is 1. The van der Waals surface area contributed by atoms with E-state index in [0.717, 1.165) is 32.0 Å². The molecular formula is C18H35Cl2N3O. The molecule has 2 heterocycles. The van der Waals surface area contributed by atoms with Gasteiger partial charge in [-0.15, -0.1) is 24.8 Å². The Balaban J connectivity index is 0.00000144. The van der Waals surface area contributed by atoms with Gasteiger partial charge in [-0.1, -0.05) is 19.8 Å². The van der Waals surface area contributed by atoms with Crippen LogP contribution in [-0.4, -0.2) is 49.6 Å². The lowest BCUT2D eigenvalue weighted by Gasteiger charge is -2.39. The maximum absolute atomic E-state index is 12.9. The van der Waals surface area contributed by atoms with Crippen molar-refractivity contribution in [1.82, 2.24) is 15.5 Å². The lowest BCUT2D eigenvalue weighted by atomic mass is 9.67. The van der Waals surface area contributed by atoms with Crippen molar-refractivity contribution in [2.75, 3.05) is 32.7 Å². The molecule has 0 bridgehead atoms. The average molecular weight is 380 g/mol. The Morgan fingerprint density at radius 2 is 1.96 bits per heavy atom. The minimum Gasteiger partial charge on any atom is -0.354 e. The van der Waals surface area contributed by atoms with E-state index in [4.69, 9.17) is 0 Å². The maximum Gasteiger partial charge on any atom is 0.227 e. The van der Waals surface area contributed by atoms with Crippen molar-refractivity contribution < 1.29 is 4.79 Å². The first-order chi connectivity index (χ1) is 10.6. The van der Waals surface area contributed by atoms with Gasteiger partial charge in [0.05, 0.1) is 5.41 Å². The summed E-state index contributed by atoms with van der Waals surface area (Å²) in [7, 11) is 0. The Bertz CT molecular complexity index is 402. The van der Waals surface area contributed by atoms with E-state index in [1.54, 1.807) is 0 Å². The fourth-order valence-corrected chi connectivity index (χ4v) is 4.71. The van der Waals surface area contributed by atoms with Crippen LogP contribution in [0, 0.1) is 17.3 Å². The standard InChI is InChI=1S/C18H33N3O.2ClH/c1-14-6-9-21(10-7-14)15(2)11-20-17(22)18-8-4-3-5-16(18)12-19-13-18;;/h14-16,19H,3-13H2,1-2H3,(H,20,22);2*1H/t15?,16-,18+;;/m0../s1. The highest BCUT2D eigenvalue weighted by atomic mass is 35.5. The van der Waals surface area contributed by atoms with Crippen molar-refractivity contribution in [2.45, 2.75) is 58.4 Å². The van der Waals surface area contributed by atoms with Gasteiger partial charge in [0.15, 0.2) is 0 Å². The highest BCUT2D eigenvalue weighted by molar-refractivity contribution is 5.85. The largest absolute Gasteiger partial charge is 0.354 e. The molecule has 0 radical (unpaired) electrons. The molecule has 2 N–H and O–H groups in total. The van der Waals surface area contributed by atoms with Gasteiger partial charge in [0, 0.05) is 19.1 Å². The molecule has 3 atom stereocenters. The fraction of sp³-hybridized carbons (Fsp3) is 0.944. The third-order valence-electron chi connectivity index (χ3n) is 6.49. The molecule has 0 aromatic rings. The number of amides is 1. The number of nitrogens with zero attached hydrogens (tertiary/aromatic N) is 1. The third-order valence-corrected chi connectivity index (χ3v) is 6.49. The molecule has 2 saturated heterocycles. The van der Waals surface area contributed by atoms with Gasteiger partial charge in [0.2, 0.25) is 5.91 Å². The quantitative estimate of drug-likeness (QED) is 0.788. The molecule has 3 rings (SSSR count). The van der Waals surface area contributed by atoms with Gasteiger partial charge in [-0.3, -0.25) is 9.69 Å². The number of carbonyl (C=O) groups is 1. The number of hydrogen-bond donors (Lipinski definition) is 2. The summed E-state index contributed by atoms with van der Waals surface area (Å²) in [6.07, 6.45) is 7.41. The second-order valence-electron chi connectivity index (χ2n) is 8.01. The molecule has 1 saturated carbocycles. The first kappa shape index (κ1) is 22.0. The summed E-state index contributed by atoms with van der Waals surface area (Å²) in [4.78, 5) is 15.4. The van der Waals surface area contributed by atoms with Crippen LogP contribution in [-0.2, 0) is 4.79 Å². The molecule has 1 unspecified atom stereocenters. The predicted molar refractivity (Wildman–Crippen MR) is 104 cm³/mol. The second-order valence-corrected chi connectivity index (χ2v) is 8.01. The fourth-order valence-electron chi connectivity index (χ4n) is 4.71. The number of fused-ring (bicyclic) bond motifs is 1. The van der Waals surface area contributed by atoms with Crippen LogP contribution < -0.4 is 10.6 Å². The summed E-state index contributed by atoms with van der Waals surface area (Å²) in [6.45, 7) is 9.72. The summed E-state index contributed by atoms with van der Waals surface area (Å²) in [6, 6.07) is 0.462. The number of halogens is 2. The Labute approximate surface area is 159 Å². The Morgan fingerprint density at radius 1 is 1.25 bits per heavy atom. The first-order valence-electron chi connectivity index (χ1n) is 9.35. The summed E-state index contributed by atoms with van der Waals surface area (Å²) >= 11 is 0. The summed E-state index contributed by atoms with van der Waals surface area (Å²) < 4.78 is 0.